The quantitative estimate of drug-likeness (QED) is 0.0588. The number of anilines is 2. The van der Waals surface area contributed by atoms with Gasteiger partial charge in [-0.05, 0) is 180 Å². The Balaban J connectivity index is 0.957. The molecule has 0 fully saturated rings. The zero-order valence-electron chi connectivity index (χ0n) is 51.6. The lowest BCUT2D eigenvalue weighted by molar-refractivity contribution is 0.0685. The van der Waals surface area contributed by atoms with Crippen molar-refractivity contribution >= 4 is 65.8 Å². The maximum atomic E-state index is 13.3. The van der Waals surface area contributed by atoms with Crippen LogP contribution in [0.3, 0.4) is 0 Å². The van der Waals surface area contributed by atoms with Gasteiger partial charge >= 0.3 is 11.9 Å². The molecule has 0 radical (unpaired) electrons. The normalized spacial score (nSPS) is 21.7. The topological polar surface area (TPSA) is 251 Å². The van der Waals surface area contributed by atoms with Gasteiger partial charge in [0.2, 0.25) is 0 Å². The highest BCUT2D eigenvalue weighted by molar-refractivity contribution is 7.86. The van der Waals surface area contributed by atoms with E-state index in [0.29, 0.717) is 120 Å². The van der Waals surface area contributed by atoms with E-state index in [0.717, 1.165) is 38.8 Å². The molecule has 458 valence electrons. The van der Waals surface area contributed by atoms with Crippen LogP contribution in [-0.4, -0.2) is 81.8 Å². The van der Waals surface area contributed by atoms with Crippen LogP contribution >= 0.6 is 0 Å². The molecule has 4 unspecified atom stereocenters. The molecule has 0 aromatic heterocycles. The van der Waals surface area contributed by atoms with Crippen LogP contribution in [0.25, 0.3) is 22.3 Å². The van der Waals surface area contributed by atoms with E-state index in [4.69, 9.17) is 19.5 Å². The summed E-state index contributed by atoms with van der Waals surface area (Å²) in [5, 5.41) is 31.7. The summed E-state index contributed by atoms with van der Waals surface area (Å²) in [6, 6.07) is 26.1. The van der Waals surface area contributed by atoms with Gasteiger partial charge in [-0.1, -0.05) is 58.0 Å². The minimum atomic E-state index is -4.54. The van der Waals surface area contributed by atoms with Crippen LogP contribution < -0.4 is 41.3 Å². The van der Waals surface area contributed by atoms with E-state index in [-0.39, 0.29) is 23.0 Å². The van der Waals surface area contributed by atoms with E-state index in [1.807, 2.05) is 156 Å². The maximum Gasteiger partial charge on any atom is 0.336 e. The molecule has 0 saturated heterocycles. The number of fused-ring (bicyclic) bond motifs is 8. The largest absolute Gasteiger partial charge is 0.478 e. The van der Waals surface area contributed by atoms with Crippen LogP contribution in [0.1, 0.15) is 209 Å². The molecular weight excluding hydrogens is 1150 g/mol. The highest BCUT2D eigenvalue weighted by atomic mass is 32.2. The molecule has 6 N–H and O–H groups in total. The second kappa shape index (κ2) is 20.9. The number of rotatable bonds is 13. The first-order valence-corrected chi connectivity index (χ1v) is 33.2. The summed E-state index contributed by atoms with van der Waals surface area (Å²) in [6.45, 7) is 24.2. The molecule has 6 aromatic carbocycles. The molecule has 6 aliphatic rings. The number of carbonyl (C=O) groups is 2. The van der Waals surface area contributed by atoms with Gasteiger partial charge in [-0.15, -0.1) is 0 Å². The molecular formula is C70H74N4O12S2. The van der Waals surface area contributed by atoms with Crippen LogP contribution in [0.15, 0.2) is 107 Å². The van der Waals surface area contributed by atoms with Crippen molar-refractivity contribution in [3.05, 3.63) is 185 Å². The Morgan fingerprint density at radius 1 is 0.557 bits per heavy atom. The number of carboxylic acid groups (broad SMARTS) is 2. The van der Waals surface area contributed by atoms with Gasteiger partial charge in [0.05, 0.1) is 44.4 Å². The number of nitrogens with zero attached hydrogens (tertiary/aromatic N) is 2. The van der Waals surface area contributed by atoms with Gasteiger partial charge in [0, 0.05) is 102 Å². The summed E-state index contributed by atoms with van der Waals surface area (Å²) in [5.74, 6) is -2.71. The molecule has 12 rings (SSSR count). The Kier molecular flexibility index (Phi) is 14.3. The number of nitrogens with one attached hydrogen (secondary N) is 2. The number of allylic oxidation sites excluding steroid dienone is 2. The average Bonchev–Trinajstić information content (AvgIpc) is 3.09. The summed E-state index contributed by atoms with van der Waals surface area (Å²) in [6.07, 6.45) is 5.87. The molecule has 6 aromatic rings. The molecule has 6 aliphatic heterocycles. The lowest BCUT2D eigenvalue weighted by atomic mass is 9.75. The molecule has 18 heteroatoms. The van der Waals surface area contributed by atoms with Crippen molar-refractivity contribution in [3.63, 3.8) is 0 Å². The van der Waals surface area contributed by atoms with Crippen LogP contribution in [0.5, 0.6) is 23.0 Å². The lowest BCUT2D eigenvalue weighted by Gasteiger charge is -2.43. The van der Waals surface area contributed by atoms with Gasteiger partial charge < -0.3 is 30.3 Å². The summed E-state index contributed by atoms with van der Waals surface area (Å²) in [4.78, 5) is 37.0. The second-order valence-electron chi connectivity index (χ2n) is 27.5. The van der Waals surface area contributed by atoms with Gasteiger partial charge in [0.25, 0.3) is 20.2 Å². The molecule has 0 bridgehead atoms. The van der Waals surface area contributed by atoms with Crippen LogP contribution in [0, 0.1) is 0 Å². The highest BCUT2D eigenvalue weighted by Gasteiger charge is 2.42. The monoisotopic (exact) mass is 1230 g/mol. The molecule has 4 atom stereocenters. The zero-order chi connectivity index (χ0) is 63.3. The Labute approximate surface area is 513 Å². The van der Waals surface area contributed by atoms with Crippen molar-refractivity contribution < 1.29 is 55.2 Å². The predicted molar refractivity (Wildman–Crippen MR) is 342 cm³/mol. The summed E-state index contributed by atoms with van der Waals surface area (Å²) in [5.41, 5.74) is 8.77. The summed E-state index contributed by atoms with van der Waals surface area (Å²) >= 11 is 0. The molecule has 0 saturated carbocycles. The van der Waals surface area contributed by atoms with Crippen LogP contribution in [-0.2, 0) is 20.2 Å². The molecule has 6 heterocycles. The Morgan fingerprint density at radius 2 is 1.06 bits per heavy atom. The predicted octanol–water partition coefficient (Wildman–Crippen LogP) is 12.2. The first-order valence-electron chi connectivity index (χ1n) is 29.9. The van der Waals surface area contributed by atoms with E-state index in [1.165, 1.54) is 0 Å². The molecule has 0 amide bonds. The SMILES string of the molecule is CC1=CC(C)(C)N=c2cc3c(cc21)=C(c1ccc(C(C)C)cc1C(=O)O)c1cc2c(cc1O3)NC(C)(CCC1(C)C=C(C)c3cc4c(cc3=N1)Oc1cc3c(cc1C=4c1cc(C(C)C)ccc1C(=O)O)C(CS(=O)(=O)O)CC(C)(C)N3)CC2CS(=O)(=O)O. The van der Waals surface area contributed by atoms with Crippen molar-refractivity contribution in [2.45, 2.75) is 155 Å². The summed E-state index contributed by atoms with van der Waals surface area (Å²) < 4.78 is 85.9. The number of aromatic carboxylic acids is 2. The Bertz CT molecular complexity index is 4680. The van der Waals surface area contributed by atoms with E-state index < -0.39 is 77.7 Å². The van der Waals surface area contributed by atoms with Crippen LogP contribution in [0.4, 0.5) is 11.4 Å². The van der Waals surface area contributed by atoms with Crippen molar-refractivity contribution in [2.75, 3.05) is 22.1 Å². The number of hydrogen-bond donors (Lipinski definition) is 6. The van der Waals surface area contributed by atoms with Gasteiger partial charge in [0.1, 0.15) is 23.0 Å². The van der Waals surface area contributed by atoms with E-state index >= 15 is 0 Å². The number of hydrogen-bond acceptors (Lipinski definition) is 12. The first-order chi connectivity index (χ1) is 41.0. The third-order valence-electron chi connectivity index (χ3n) is 18.4. The number of benzene rings is 6. The molecule has 0 spiro atoms. The fourth-order valence-corrected chi connectivity index (χ4v) is 16.1. The van der Waals surface area contributed by atoms with Gasteiger partial charge in [-0.3, -0.25) is 19.1 Å². The smallest absolute Gasteiger partial charge is 0.336 e. The first kappa shape index (κ1) is 60.4. The minimum Gasteiger partial charge on any atom is -0.478 e. The zero-order valence-corrected chi connectivity index (χ0v) is 53.2. The van der Waals surface area contributed by atoms with Gasteiger partial charge in [0.15, 0.2) is 0 Å². The van der Waals surface area contributed by atoms with E-state index in [1.54, 1.807) is 12.1 Å². The van der Waals surface area contributed by atoms with Gasteiger partial charge in [-0.25, -0.2) is 9.59 Å². The Hall–Kier alpha value is -7.90. The number of ether oxygens (including phenoxy) is 2. The fraction of sp³-hybridized carbons (Fsp3) is 0.371. The van der Waals surface area contributed by atoms with E-state index in [2.05, 4.69) is 22.8 Å². The lowest BCUT2D eigenvalue weighted by Crippen LogP contribution is -2.43. The Morgan fingerprint density at radius 3 is 1.60 bits per heavy atom. The molecule has 88 heavy (non-hydrogen) atoms. The third kappa shape index (κ3) is 11.3. The standard InChI is InChI=1S/C70H74N4O12S2/c1-35(2)39-14-16-44(65(75)76)49(19-39)64-52-22-46-38(6)30-69(11,73-56(46)26-60(52)86-61-27-57-47(23-54(61)64)41(33-87(79,80)81)31-68(9,10)72-57)17-18-70(12)32-42(34-88(82,83)84)48-24-53-62(28-58(48)74-70)85-59-25-55-45(37(5)29-67(7,8)71-55)21-51(59)63(53)43-15-13-40(36(3)4)20-50(43)66(77)78/h13-16,19-30,35-36,41-42,72,74H,17-18,31-34H2,1-12H3,(H,75,76)(H,77,78)(H,79,80,81)(H,82,83,84). The van der Waals surface area contributed by atoms with Crippen molar-refractivity contribution in [1.82, 2.24) is 0 Å². The minimum absolute atomic E-state index is 0.0473. The maximum absolute atomic E-state index is 13.3. The second-order valence-corrected chi connectivity index (χ2v) is 30.5. The van der Waals surface area contributed by atoms with E-state index in [9.17, 15) is 45.7 Å². The average molecular weight is 1230 g/mol. The van der Waals surface area contributed by atoms with Gasteiger partial charge in [-0.2, -0.15) is 16.8 Å². The highest BCUT2D eigenvalue weighted by Crippen LogP contribution is 2.51. The van der Waals surface area contributed by atoms with Crippen molar-refractivity contribution in [1.29, 1.82) is 0 Å². The number of carboxylic acids is 2. The summed E-state index contributed by atoms with van der Waals surface area (Å²) in [7, 11) is -8.94. The fourth-order valence-electron chi connectivity index (χ4n) is 14.5. The molecule has 16 nitrogen and oxygen atoms in total. The van der Waals surface area contributed by atoms with Crippen molar-refractivity contribution in [3.8, 4) is 23.0 Å². The van der Waals surface area contributed by atoms with Crippen LogP contribution in [0.2, 0.25) is 0 Å². The van der Waals surface area contributed by atoms with Crippen molar-refractivity contribution in [2.24, 2.45) is 9.98 Å². The molecule has 0 aliphatic carbocycles. The third-order valence-corrected chi connectivity index (χ3v) is 20.1.